The molecule has 1 N–H and O–H groups in total. The SMILES string of the molecule is CNC1CCCN(C(=O)Cc2nc(-c3ccsc3)oc2C)C1.Cl.Cl. The van der Waals surface area contributed by atoms with Gasteiger partial charge in [-0.2, -0.15) is 11.3 Å². The molecule has 134 valence electrons. The number of piperidine rings is 1. The number of aryl methyl sites for hydroxylation is 1. The highest BCUT2D eigenvalue weighted by atomic mass is 35.5. The Labute approximate surface area is 158 Å². The Bertz CT molecular complexity index is 646. The molecule has 5 nitrogen and oxygen atoms in total. The lowest BCUT2D eigenvalue weighted by atomic mass is 10.1. The lowest BCUT2D eigenvalue weighted by molar-refractivity contribution is -0.131. The van der Waals surface area contributed by atoms with E-state index in [9.17, 15) is 4.79 Å². The van der Waals surface area contributed by atoms with E-state index < -0.39 is 0 Å². The van der Waals surface area contributed by atoms with Crippen molar-refractivity contribution >= 4 is 42.1 Å². The van der Waals surface area contributed by atoms with E-state index >= 15 is 0 Å². The molecule has 1 atom stereocenters. The minimum Gasteiger partial charge on any atom is -0.441 e. The largest absolute Gasteiger partial charge is 0.441 e. The normalized spacial score (nSPS) is 17.1. The fourth-order valence-corrected chi connectivity index (χ4v) is 3.43. The first-order valence-electron chi connectivity index (χ1n) is 7.61. The van der Waals surface area contributed by atoms with Gasteiger partial charge in [0.05, 0.1) is 12.1 Å². The van der Waals surface area contributed by atoms with Gasteiger partial charge in [-0.1, -0.05) is 0 Å². The van der Waals surface area contributed by atoms with Crippen LogP contribution in [0.1, 0.15) is 24.3 Å². The number of thiophene rings is 1. The van der Waals surface area contributed by atoms with Crippen molar-refractivity contribution in [2.75, 3.05) is 20.1 Å². The number of hydrogen-bond donors (Lipinski definition) is 1. The summed E-state index contributed by atoms with van der Waals surface area (Å²) < 4.78 is 5.70. The molecule has 1 unspecified atom stereocenters. The van der Waals surface area contributed by atoms with Crippen LogP contribution in [-0.2, 0) is 11.2 Å². The van der Waals surface area contributed by atoms with E-state index in [1.807, 2.05) is 35.7 Å². The van der Waals surface area contributed by atoms with E-state index in [1.165, 1.54) is 0 Å². The maximum atomic E-state index is 12.5. The van der Waals surface area contributed by atoms with Crippen LogP contribution in [0, 0.1) is 6.92 Å². The average Bonchev–Trinajstić information content (AvgIpc) is 3.18. The van der Waals surface area contributed by atoms with E-state index in [1.54, 1.807) is 11.3 Å². The zero-order chi connectivity index (χ0) is 15.5. The Morgan fingerprint density at radius 2 is 2.29 bits per heavy atom. The summed E-state index contributed by atoms with van der Waals surface area (Å²) in [6, 6.07) is 2.38. The van der Waals surface area contributed by atoms with E-state index in [0.717, 1.165) is 42.9 Å². The predicted octanol–water partition coefficient (Wildman–Crippen LogP) is 3.31. The van der Waals surface area contributed by atoms with Gasteiger partial charge in [0, 0.05) is 30.1 Å². The summed E-state index contributed by atoms with van der Waals surface area (Å²) in [4.78, 5) is 18.9. The van der Waals surface area contributed by atoms with Crippen molar-refractivity contribution in [1.82, 2.24) is 15.2 Å². The Morgan fingerprint density at radius 3 is 2.96 bits per heavy atom. The minimum atomic E-state index is 0. The number of oxazole rings is 1. The number of rotatable bonds is 4. The highest BCUT2D eigenvalue weighted by Gasteiger charge is 2.24. The van der Waals surface area contributed by atoms with E-state index in [4.69, 9.17) is 4.42 Å². The van der Waals surface area contributed by atoms with Crippen molar-refractivity contribution < 1.29 is 9.21 Å². The van der Waals surface area contributed by atoms with Crippen LogP contribution in [0.2, 0.25) is 0 Å². The van der Waals surface area contributed by atoms with Crippen LogP contribution < -0.4 is 5.32 Å². The zero-order valence-electron chi connectivity index (χ0n) is 13.8. The minimum absolute atomic E-state index is 0. The number of aromatic nitrogens is 1. The summed E-state index contributed by atoms with van der Waals surface area (Å²) in [5.41, 5.74) is 1.72. The molecule has 2 aromatic heterocycles. The molecule has 3 rings (SSSR count). The van der Waals surface area contributed by atoms with Crippen LogP contribution in [-0.4, -0.2) is 42.0 Å². The molecule has 1 saturated heterocycles. The fraction of sp³-hybridized carbons (Fsp3) is 0.500. The molecule has 1 aliphatic rings. The predicted molar refractivity (Wildman–Crippen MR) is 101 cm³/mol. The summed E-state index contributed by atoms with van der Waals surface area (Å²) in [7, 11) is 1.95. The van der Waals surface area contributed by atoms with Gasteiger partial charge in [0.15, 0.2) is 0 Å². The standard InChI is InChI=1S/C16H21N3O2S.2ClH/c1-11-14(18-16(21-11)12-5-7-22-10-12)8-15(20)19-6-3-4-13(9-19)17-2;;/h5,7,10,13,17H,3-4,6,8-9H2,1-2H3;2*1H. The third-order valence-electron chi connectivity index (χ3n) is 4.16. The summed E-state index contributed by atoms with van der Waals surface area (Å²) in [5.74, 6) is 1.47. The van der Waals surface area contributed by atoms with E-state index in [-0.39, 0.29) is 30.7 Å². The number of nitrogens with one attached hydrogen (secondary N) is 1. The van der Waals surface area contributed by atoms with Gasteiger partial charge in [-0.05, 0) is 38.3 Å². The highest BCUT2D eigenvalue weighted by Crippen LogP contribution is 2.24. The second-order valence-corrected chi connectivity index (χ2v) is 6.46. The molecule has 0 saturated carbocycles. The van der Waals surface area contributed by atoms with Crippen LogP contribution in [0.15, 0.2) is 21.2 Å². The molecule has 0 spiro atoms. The Kier molecular flexibility index (Phi) is 8.22. The lowest BCUT2D eigenvalue weighted by Gasteiger charge is -2.32. The number of likely N-dealkylation sites (N-methyl/N-ethyl adjacent to an activating group) is 1. The first-order chi connectivity index (χ1) is 10.7. The third-order valence-corrected chi connectivity index (χ3v) is 4.85. The first-order valence-corrected chi connectivity index (χ1v) is 8.55. The summed E-state index contributed by atoms with van der Waals surface area (Å²) in [6.07, 6.45) is 2.50. The van der Waals surface area contributed by atoms with Gasteiger partial charge in [0.2, 0.25) is 11.8 Å². The molecule has 0 aliphatic carbocycles. The highest BCUT2D eigenvalue weighted by molar-refractivity contribution is 7.08. The van der Waals surface area contributed by atoms with Crippen LogP contribution in [0.25, 0.3) is 11.5 Å². The third kappa shape index (κ3) is 4.72. The molecule has 2 aromatic rings. The fourth-order valence-electron chi connectivity index (χ4n) is 2.80. The number of amides is 1. The molecule has 0 radical (unpaired) electrons. The van der Waals surface area contributed by atoms with Crippen LogP contribution in [0.3, 0.4) is 0 Å². The van der Waals surface area contributed by atoms with Crippen molar-refractivity contribution in [3.63, 3.8) is 0 Å². The van der Waals surface area contributed by atoms with Crippen molar-refractivity contribution in [2.45, 2.75) is 32.2 Å². The van der Waals surface area contributed by atoms with Crippen LogP contribution >= 0.6 is 36.2 Å². The van der Waals surface area contributed by atoms with Gasteiger partial charge in [-0.3, -0.25) is 4.79 Å². The van der Waals surface area contributed by atoms with Crippen molar-refractivity contribution in [2.24, 2.45) is 0 Å². The van der Waals surface area contributed by atoms with Gasteiger partial charge >= 0.3 is 0 Å². The number of halogens is 2. The quantitative estimate of drug-likeness (QED) is 0.868. The van der Waals surface area contributed by atoms with Crippen LogP contribution in [0.5, 0.6) is 0 Å². The molecule has 1 fully saturated rings. The van der Waals surface area contributed by atoms with Gasteiger partial charge in [-0.15, -0.1) is 24.8 Å². The molecule has 0 bridgehead atoms. The Morgan fingerprint density at radius 1 is 1.50 bits per heavy atom. The monoisotopic (exact) mass is 391 g/mol. The number of nitrogens with zero attached hydrogens (tertiary/aromatic N) is 2. The van der Waals surface area contributed by atoms with E-state index in [0.29, 0.717) is 18.4 Å². The second kappa shape index (κ2) is 9.42. The van der Waals surface area contributed by atoms with Gasteiger partial charge < -0.3 is 14.6 Å². The average molecular weight is 392 g/mol. The second-order valence-electron chi connectivity index (χ2n) is 5.68. The van der Waals surface area contributed by atoms with Crippen molar-refractivity contribution in [3.05, 3.63) is 28.3 Å². The van der Waals surface area contributed by atoms with Gasteiger partial charge in [-0.25, -0.2) is 4.98 Å². The topological polar surface area (TPSA) is 58.4 Å². The lowest BCUT2D eigenvalue weighted by Crippen LogP contribution is -2.47. The van der Waals surface area contributed by atoms with Gasteiger partial charge in [0.25, 0.3) is 0 Å². The molecular weight excluding hydrogens is 369 g/mol. The molecular formula is C16H23Cl2N3O2S. The maximum absolute atomic E-state index is 12.5. The Hall–Kier alpha value is -1.08. The maximum Gasteiger partial charge on any atom is 0.228 e. The molecule has 0 aromatic carbocycles. The smallest absolute Gasteiger partial charge is 0.228 e. The van der Waals surface area contributed by atoms with Crippen molar-refractivity contribution in [1.29, 1.82) is 0 Å². The summed E-state index contributed by atoms with van der Waals surface area (Å²) in [5, 5.41) is 7.25. The van der Waals surface area contributed by atoms with Gasteiger partial charge in [0.1, 0.15) is 5.76 Å². The van der Waals surface area contributed by atoms with E-state index in [2.05, 4.69) is 10.3 Å². The number of carbonyl (C=O) groups is 1. The first kappa shape index (κ1) is 21.0. The molecule has 24 heavy (non-hydrogen) atoms. The number of hydrogen-bond acceptors (Lipinski definition) is 5. The Balaban J connectivity index is 0.00000144. The summed E-state index contributed by atoms with van der Waals surface area (Å²) >= 11 is 1.61. The van der Waals surface area contributed by atoms with Crippen LogP contribution in [0.4, 0.5) is 0 Å². The summed E-state index contributed by atoms with van der Waals surface area (Å²) in [6.45, 7) is 3.49. The zero-order valence-corrected chi connectivity index (χ0v) is 16.2. The molecule has 1 amide bonds. The van der Waals surface area contributed by atoms with Crippen molar-refractivity contribution in [3.8, 4) is 11.5 Å². The number of carbonyl (C=O) groups excluding carboxylic acids is 1. The molecule has 3 heterocycles. The number of likely N-dealkylation sites (tertiary alicyclic amines) is 1. The molecule has 1 aliphatic heterocycles. The molecule has 8 heteroatoms.